The number of aromatic nitrogens is 3. The van der Waals surface area contributed by atoms with Crippen molar-refractivity contribution < 1.29 is 9.90 Å². The standard InChI is InChI=1S/C34H39ClN6O2/c35-28-11-9-27(10-12-28)34(43)15-20-39(21-16-34)29-4-1-19-41-31(29)37-30(38-41)22-25-5-7-26(8-6-25)32(42)40-18-3-14-33(24-40)13-2-17-36-23-33/h1,4-12,19,36,43H,2-3,13-18,20-24H2. The SMILES string of the molecule is O=C(c1ccc(Cc2nc3c(N4CCC(O)(c5ccc(Cl)cc5)CC4)cccn3n2)cc1)N1CCCC2(CCCNC2)C1. The summed E-state index contributed by atoms with van der Waals surface area (Å²) in [7, 11) is 0. The summed E-state index contributed by atoms with van der Waals surface area (Å²) in [5.41, 5.74) is 3.95. The fraction of sp³-hybridized carbons (Fsp3) is 0.441. The fourth-order valence-corrected chi connectivity index (χ4v) is 7.44. The molecule has 3 saturated heterocycles. The molecule has 43 heavy (non-hydrogen) atoms. The van der Waals surface area contributed by atoms with E-state index >= 15 is 0 Å². The number of hydrogen-bond acceptors (Lipinski definition) is 6. The van der Waals surface area contributed by atoms with E-state index in [0.717, 1.165) is 66.4 Å². The molecule has 0 saturated carbocycles. The predicted molar refractivity (Wildman–Crippen MR) is 169 cm³/mol. The van der Waals surface area contributed by atoms with Crippen molar-refractivity contribution in [3.8, 4) is 0 Å². The molecule has 2 aromatic carbocycles. The largest absolute Gasteiger partial charge is 0.385 e. The highest BCUT2D eigenvalue weighted by Gasteiger charge is 2.38. The molecule has 3 aliphatic heterocycles. The van der Waals surface area contributed by atoms with E-state index < -0.39 is 5.60 Å². The van der Waals surface area contributed by atoms with Gasteiger partial charge in [0, 0.05) is 61.3 Å². The zero-order valence-electron chi connectivity index (χ0n) is 24.5. The van der Waals surface area contributed by atoms with Crippen molar-refractivity contribution in [1.29, 1.82) is 0 Å². The molecule has 3 aliphatic rings. The molecule has 2 N–H and O–H groups in total. The van der Waals surface area contributed by atoms with E-state index in [1.807, 2.05) is 65.3 Å². The van der Waals surface area contributed by atoms with Crippen LogP contribution in [0.4, 0.5) is 5.69 Å². The van der Waals surface area contributed by atoms with Crippen LogP contribution in [0.5, 0.6) is 0 Å². The van der Waals surface area contributed by atoms with Crippen LogP contribution >= 0.6 is 11.6 Å². The molecular weight excluding hydrogens is 560 g/mol. The van der Waals surface area contributed by atoms with E-state index in [1.54, 1.807) is 0 Å². The molecule has 9 heteroatoms. The number of amides is 1. The average Bonchev–Trinajstić information content (AvgIpc) is 3.45. The maximum atomic E-state index is 13.4. The molecule has 0 aliphatic carbocycles. The average molecular weight is 599 g/mol. The third kappa shape index (κ3) is 5.76. The van der Waals surface area contributed by atoms with Crippen molar-refractivity contribution in [2.24, 2.45) is 5.41 Å². The minimum atomic E-state index is -0.860. The first kappa shape index (κ1) is 28.3. The molecule has 2 aromatic heterocycles. The van der Waals surface area contributed by atoms with E-state index in [1.165, 1.54) is 19.3 Å². The molecule has 5 heterocycles. The maximum absolute atomic E-state index is 13.4. The van der Waals surface area contributed by atoms with Gasteiger partial charge in [-0.15, -0.1) is 0 Å². The van der Waals surface area contributed by atoms with E-state index in [-0.39, 0.29) is 11.3 Å². The van der Waals surface area contributed by atoms with Gasteiger partial charge in [0.05, 0.1) is 11.3 Å². The van der Waals surface area contributed by atoms with Crippen molar-refractivity contribution in [3.05, 3.63) is 94.4 Å². The summed E-state index contributed by atoms with van der Waals surface area (Å²) in [4.78, 5) is 22.7. The zero-order chi connectivity index (χ0) is 29.4. The van der Waals surface area contributed by atoms with Crippen LogP contribution in [0.3, 0.4) is 0 Å². The minimum Gasteiger partial charge on any atom is -0.385 e. The van der Waals surface area contributed by atoms with Crippen molar-refractivity contribution in [3.63, 3.8) is 0 Å². The van der Waals surface area contributed by atoms with Crippen molar-refractivity contribution >= 4 is 28.8 Å². The molecule has 0 bridgehead atoms. The molecule has 7 rings (SSSR count). The maximum Gasteiger partial charge on any atom is 0.253 e. The number of halogens is 1. The number of nitrogens with one attached hydrogen (secondary N) is 1. The summed E-state index contributed by atoms with van der Waals surface area (Å²) >= 11 is 6.06. The summed E-state index contributed by atoms with van der Waals surface area (Å²) in [6.07, 6.45) is 8.45. The summed E-state index contributed by atoms with van der Waals surface area (Å²) in [5.74, 6) is 0.875. The highest BCUT2D eigenvalue weighted by molar-refractivity contribution is 6.30. The number of benzene rings is 2. The Morgan fingerprint density at radius 2 is 1.72 bits per heavy atom. The molecule has 1 atom stereocenters. The monoisotopic (exact) mass is 598 g/mol. The van der Waals surface area contributed by atoms with Gasteiger partial charge in [-0.2, -0.15) is 5.10 Å². The number of aliphatic hydroxyl groups is 1. The van der Waals surface area contributed by atoms with Gasteiger partial charge in [-0.1, -0.05) is 35.9 Å². The van der Waals surface area contributed by atoms with E-state index in [0.29, 0.717) is 37.4 Å². The molecule has 0 radical (unpaired) electrons. The second-order valence-corrected chi connectivity index (χ2v) is 13.1. The Morgan fingerprint density at radius 3 is 2.47 bits per heavy atom. The molecule has 4 aromatic rings. The van der Waals surface area contributed by atoms with Gasteiger partial charge in [-0.05, 0) is 92.6 Å². The van der Waals surface area contributed by atoms with Gasteiger partial charge >= 0.3 is 0 Å². The van der Waals surface area contributed by atoms with Crippen LogP contribution < -0.4 is 10.2 Å². The third-order valence-corrected chi connectivity index (χ3v) is 10.0. The number of hydrogen-bond donors (Lipinski definition) is 2. The quantitative estimate of drug-likeness (QED) is 0.334. The number of fused-ring (bicyclic) bond motifs is 1. The van der Waals surface area contributed by atoms with Gasteiger partial charge in [-0.25, -0.2) is 9.50 Å². The number of carbonyl (C=O) groups is 1. The smallest absolute Gasteiger partial charge is 0.253 e. The number of nitrogens with zero attached hydrogens (tertiary/aromatic N) is 5. The molecular formula is C34H39ClN6O2. The van der Waals surface area contributed by atoms with Crippen LogP contribution in [0.25, 0.3) is 5.65 Å². The second-order valence-electron chi connectivity index (χ2n) is 12.7. The molecule has 1 amide bonds. The number of pyridine rings is 1. The van der Waals surface area contributed by atoms with E-state index in [2.05, 4.69) is 21.2 Å². The second kappa shape index (κ2) is 11.6. The topological polar surface area (TPSA) is 86.0 Å². The third-order valence-electron chi connectivity index (χ3n) is 9.77. The van der Waals surface area contributed by atoms with Gasteiger partial charge in [-0.3, -0.25) is 4.79 Å². The summed E-state index contributed by atoms with van der Waals surface area (Å²) in [5, 5.41) is 20.3. The van der Waals surface area contributed by atoms with Gasteiger partial charge in [0.2, 0.25) is 0 Å². The first-order valence-electron chi connectivity index (χ1n) is 15.6. The minimum absolute atomic E-state index is 0.135. The Labute approximate surface area is 257 Å². The van der Waals surface area contributed by atoms with Crippen LogP contribution in [0, 0.1) is 5.41 Å². The lowest BCUT2D eigenvalue weighted by Crippen LogP contribution is -2.52. The lowest BCUT2D eigenvalue weighted by Gasteiger charge is -2.45. The molecule has 1 unspecified atom stereocenters. The number of anilines is 1. The normalized spacial score (nSPS) is 22.3. The number of piperidine rings is 3. The fourth-order valence-electron chi connectivity index (χ4n) is 7.31. The van der Waals surface area contributed by atoms with Gasteiger partial charge in [0.25, 0.3) is 5.91 Å². The zero-order valence-corrected chi connectivity index (χ0v) is 25.3. The Kier molecular flexibility index (Phi) is 7.61. The summed E-state index contributed by atoms with van der Waals surface area (Å²) < 4.78 is 1.84. The highest BCUT2D eigenvalue weighted by atomic mass is 35.5. The summed E-state index contributed by atoms with van der Waals surface area (Å²) in [6.45, 7) is 5.23. The molecule has 224 valence electrons. The lowest BCUT2D eigenvalue weighted by atomic mass is 9.74. The summed E-state index contributed by atoms with van der Waals surface area (Å²) in [6, 6.07) is 19.6. The van der Waals surface area contributed by atoms with Gasteiger partial charge in [0.1, 0.15) is 0 Å². The Morgan fingerprint density at radius 1 is 0.953 bits per heavy atom. The predicted octanol–water partition coefficient (Wildman–Crippen LogP) is 5.07. The van der Waals surface area contributed by atoms with Crippen LogP contribution in [-0.4, -0.2) is 69.8 Å². The van der Waals surface area contributed by atoms with Gasteiger partial charge < -0.3 is 20.2 Å². The molecule has 8 nitrogen and oxygen atoms in total. The van der Waals surface area contributed by atoms with Crippen molar-refractivity contribution in [2.75, 3.05) is 44.2 Å². The van der Waals surface area contributed by atoms with Crippen LogP contribution in [0.2, 0.25) is 5.02 Å². The first-order chi connectivity index (χ1) is 20.9. The molecule has 3 fully saturated rings. The Bertz CT molecular complexity index is 1580. The van der Waals surface area contributed by atoms with Crippen LogP contribution in [-0.2, 0) is 12.0 Å². The van der Waals surface area contributed by atoms with E-state index in [4.69, 9.17) is 21.7 Å². The lowest BCUT2D eigenvalue weighted by molar-refractivity contribution is 0.0118. The van der Waals surface area contributed by atoms with Crippen LogP contribution in [0.1, 0.15) is 65.8 Å². The highest BCUT2D eigenvalue weighted by Crippen LogP contribution is 2.37. The first-order valence-corrected chi connectivity index (χ1v) is 15.9. The Balaban J connectivity index is 1.02. The van der Waals surface area contributed by atoms with Crippen LogP contribution in [0.15, 0.2) is 66.9 Å². The van der Waals surface area contributed by atoms with Crippen molar-refractivity contribution in [1.82, 2.24) is 24.8 Å². The number of carbonyl (C=O) groups excluding carboxylic acids is 1. The van der Waals surface area contributed by atoms with Crippen molar-refractivity contribution in [2.45, 2.75) is 50.5 Å². The number of rotatable bonds is 5. The number of likely N-dealkylation sites (tertiary alicyclic amines) is 1. The molecule has 1 spiro atoms. The van der Waals surface area contributed by atoms with E-state index in [9.17, 15) is 9.90 Å². The van der Waals surface area contributed by atoms with Gasteiger partial charge in [0.15, 0.2) is 11.5 Å². The Hall–Kier alpha value is -3.46.